The maximum absolute atomic E-state index is 13.4. The fraction of sp³-hybridized carbons (Fsp3) is 0.500. The molecule has 0 atom stereocenters. The molecular formula is C10H14BrFN2. The van der Waals surface area contributed by atoms with E-state index < -0.39 is 0 Å². The number of nitrogens with zero attached hydrogens (tertiary/aromatic N) is 2. The normalized spacial score (nSPS) is 11.5. The van der Waals surface area contributed by atoms with Crippen LogP contribution in [0.25, 0.3) is 0 Å². The van der Waals surface area contributed by atoms with E-state index in [0.29, 0.717) is 5.82 Å². The third kappa shape index (κ3) is 2.23. The molecule has 0 spiro atoms. The summed E-state index contributed by atoms with van der Waals surface area (Å²) in [4.78, 5) is 5.85. The van der Waals surface area contributed by atoms with Crippen molar-refractivity contribution in [3.8, 4) is 0 Å². The van der Waals surface area contributed by atoms with E-state index in [1.165, 1.54) is 6.07 Å². The van der Waals surface area contributed by atoms with Crippen LogP contribution in [0.2, 0.25) is 0 Å². The van der Waals surface area contributed by atoms with Crippen LogP contribution in [0.3, 0.4) is 0 Å². The predicted octanol–water partition coefficient (Wildman–Crippen LogP) is 2.83. The minimum Gasteiger partial charge on any atom is -0.351 e. The molecule has 2 nitrogen and oxygen atoms in total. The molecule has 0 N–H and O–H groups in total. The Morgan fingerprint density at radius 2 is 2.21 bits per heavy atom. The number of anilines is 1. The molecule has 0 radical (unpaired) electrons. The standard InChI is InChI=1S/C10H14BrFN2/c1-10(2,7-11)14(3)9-8(12)5-4-6-13-9/h4-6H,7H2,1-3H3. The zero-order valence-corrected chi connectivity index (χ0v) is 10.2. The lowest BCUT2D eigenvalue weighted by molar-refractivity contribution is 0.525. The van der Waals surface area contributed by atoms with Gasteiger partial charge in [0.15, 0.2) is 11.6 Å². The minimum absolute atomic E-state index is 0.158. The smallest absolute Gasteiger partial charge is 0.165 e. The van der Waals surface area contributed by atoms with Crippen LogP contribution in [0, 0.1) is 5.82 Å². The first-order valence-corrected chi connectivity index (χ1v) is 5.51. The molecule has 0 aliphatic carbocycles. The predicted molar refractivity (Wildman–Crippen MR) is 60.5 cm³/mol. The topological polar surface area (TPSA) is 16.1 Å². The molecule has 1 aromatic rings. The Hall–Kier alpha value is -0.640. The lowest BCUT2D eigenvalue weighted by Crippen LogP contribution is -2.43. The molecule has 0 saturated heterocycles. The molecule has 0 unspecified atom stereocenters. The number of hydrogen-bond acceptors (Lipinski definition) is 2. The maximum atomic E-state index is 13.4. The molecule has 0 saturated carbocycles. The maximum Gasteiger partial charge on any atom is 0.165 e. The number of alkyl halides is 1. The van der Waals surface area contributed by atoms with Gasteiger partial charge in [-0.3, -0.25) is 0 Å². The van der Waals surface area contributed by atoms with Gasteiger partial charge in [-0.25, -0.2) is 9.37 Å². The van der Waals surface area contributed by atoms with E-state index in [9.17, 15) is 4.39 Å². The van der Waals surface area contributed by atoms with E-state index in [2.05, 4.69) is 20.9 Å². The Kier molecular flexibility index (Phi) is 3.48. The Labute approximate surface area is 92.3 Å². The lowest BCUT2D eigenvalue weighted by atomic mass is 10.1. The first-order chi connectivity index (χ1) is 6.49. The van der Waals surface area contributed by atoms with Gasteiger partial charge < -0.3 is 4.90 Å². The summed E-state index contributed by atoms with van der Waals surface area (Å²) >= 11 is 3.40. The van der Waals surface area contributed by atoms with Gasteiger partial charge in [-0.05, 0) is 26.0 Å². The average Bonchev–Trinajstić information content (AvgIpc) is 2.17. The minimum atomic E-state index is -0.288. The molecule has 1 aromatic heterocycles. The van der Waals surface area contributed by atoms with E-state index >= 15 is 0 Å². The molecule has 78 valence electrons. The molecule has 4 heteroatoms. The molecule has 1 heterocycles. The zero-order chi connectivity index (χ0) is 10.8. The van der Waals surface area contributed by atoms with E-state index in [1.807, 2.05) is 25.8 Å². The molecular weight excluding hydrogens is 247 g/mol. The van der Waals surface area contributed by atoms with Crippen molar-refractivity contribution in [3.05, 3.63) is 24.1 Å². The van der Waals surface area contributed by atoms with Crippen molar-refractivity contribution in [2.45, 2.75) is 19.4 Å². The summed E-state index contributed by atoms with van der Waals surface area (Å²) in [6.07, 6.45) is 1.60. The SMILES string of the molecule is CN(c1ncccc1F)C(C)(C)CBr. The summed E-state index contributed by atoms with van der Waals surface area (Å²) in [6.45, 7) is 4.05. The summed E-state index contributed by atoms with van der Waals surface area (Å²) in [5, 5.41) is 0.756. The third-order valence-electron chi connectivity index (χ3n) is 2.29. The van der Waals surface area contributed by atoms with Gasteiger partial charge in [-0.15, -0.1) is 0 Å². The van der Waals surface area contributed by atoms with Crippen LogP contribution in [0.1, 0.15) is 13.8 Å². The second-order valence-electron chi connectivity index (χ2n) is 3.81. The first kappa shape index (κ1) is 11.4. The quantitative estimate of drug-likeness (QED) is 0.778. The molecule has 0 aromatic carbocycles. The summed E-state index contributed by atoms with van der Waals surface area (Å²) in [5.74, 6) is 0.0981. The van der Waals surface area contributed by atoms with Crippen LogP contribution in [-0.2, 0) is 0 Å². The third-order valence-corrected chi connectivity index (χ3v) is 3.66. The van der Waals surface area contributed by atoms with E-state index in [0.717, 1.165) is 5.33 Å². The molecule has 14 heavy (non-hydrogen) atoms. The van der Waals surface area contributed by atoms with Gasteiger partial charge in [0.1, 0.15) is 0 Å². The van der Waals surface area contributed by atoms with Crippen LogP contribution in [0.4, 0.5) is 10.2 Å². The summed E-state index contributed by atoms with van der Waals surface area (Å²) in [7, 11) is 1.84. The summed E-state index contributed by atoms with van der Waals surface area (Å²) in [6, 6.07) is 3.01. The highest BCUT2D eigenvalue weighted by Crippen LogP contribution is 2.23. The largest absolute Gasteiger partial charge is 0.351 e. The van der Waals surface area contributed by atoms with E-state index in [-0.39, 0.29) is 11.4 Å². The number of rotatable bonds is 3. The van der Waals surface area contributed by atoms with Crippen LogP contribution in [0.15, 0.2) is 18.3 Å². The van der Waals surface area contributed by atoms with Crippen molar-refractivity contribution < 1.29 is 4.39 Å². The molecule has 1 rings (SSSR count). The molecule has 0 aliphatic rings. The summed E-state index contributed by atoms with van der Waals surface area (Å²) < 4.78 is 13.4. The number of halogens is 2. The first-order valence-electron chi connectivity index (χ1n) is 4.39. The van der Waals surface area contributed by atoms with Gasteiger partial charge in [0, 0.05) is 24.1 Å². The van der Waals surface area contributed by atoms with Crippen LogP contribution < -0.4 is 4.90 Å². The Balaban J connectivity index is 3.00. The van der Waals surface area contributed by atoms with Gasteiger partial charge in [-0.1, -0.05) is 15.9 Å². The average molecular weight is 261 g/mol. The molecule has 0 fully saturated rings. The Morgan fingerprint density at radius 3 is 2.71 bits per heavy atom. The molecule has 0 aliphatic heterocycles. The van der Waals surface area contributed by atoms with Gasteiger partial charge in [0.25, 0.3) is 0 Å². The fourth-order valence-corrected chi connectivity index (χ4v) is 1.38. The Morgan fingerprint density at radius 1 is 1.57 bits per heavy atom. The number of pyridine rings is 1. The molecule has 0 amide bonds. The highest BCUT2D eigenvalue weighted by molar-refractivity contribution is 9.09. The highest BCUT2D eigenvalue weighted by atomic mass is 79.9. The van der Waals surface area contributed by atoms with Gasteiger partial charge in [0.05, 0.1) is 0 Å². The summed E-state index contributed by atoms with van der Waals surface area (Å²) in [5.41, 5.74) is -0.158. The second-order valence-corrected chi connectivity index (χ2v) is 4.37. The van der Waals surface area contributed by atoms with Crippen LogP contribution >= 0.6 is 15.9 Å². The van der Waals surface area contributed by atoms with Crippen LogP contribution in [-0.4, -0.2) is 22.9 Å². The zero-order valence-electron chi connectivity index (χ0n) is 8.59. The lowest BCUT2D eigenvalue weighted by Gasteiger charge is -2.35. The van der Waals surface area contributed by atoms with Gasteiger partial charge in [0.2, 0.25) is 0 Å². The van der Waals surface area contributed by atoms with Crippen LogP contribution in [0.5, 0.6) is 0 Å². The van der Waals surface area contributed by atoms with Crippen molar-refractivity contribution in [2.75, 3.05) is 17.3 Å². The molecule has 0 bridgehead atoms. The Bertz CT molecular complexity index is 315. The van der Waals surface area contributed by atoms with Crippen molar-refractivity contribution in [2.24, 2.45) is 0 Å². The van der Waals surface area contributed by atoms with Gasteiger partial charge >= 0.3 is 0 Å². The van der Waals surface area contributed by atoms with Crippen molar-refractivity contribution in [1.29, 1.82) is 0 Å². The van der Waals surface area contributed by atoms with Crippen molar-refractivity contribution in [3.63, 3.8) is 0 Å². The van der Waals surface area contributed by atoms with Gasteiger partial charge in [-0.2, -0.15) is 0 Å². The number of aromatic nitrogens is 1. The van der Waals surface area contributed by atoms with Crippen molar-refractivity contribution in [1.82, 2.24) is 4.98 Å². The highest BCUT2D eigenvalue weighted by Gasteiger charge is 2.24. The van der Waals surface area contributed by atoms with Crippen molar-refractivity contribution >= 4 is 21.7 Å². The fourth-order valence-electron chi connectivity index (χ4n) is 1.00. The second kappa shape index (κ2) is 4.26. The monoisotopic (exact) mass is 260 g/mol. The van der Waals surface area contributed by atoms with E-state index in [1.54, 1.807) is 12.3 Å². The number of hydrogen-bond donors (Lipinski definition) is 0. The van der Waals surface area contributed by atoms with E-state index in [4.69, 9.17) is 0 Å².